The second kappa shape index (κ2) is 4.92. The molecule has 1 atom stereocenters. The monoisotopic (exact) mass is 288 g/mol. The first-order valence-electron chi connectivity index (χ1n) is 6.17. The van der Waals surface area contributed by atoms with Crippen LogP contribution in [-0.4, -0.2) is 21.0 Å². The lowest BCUT2D eigenvalue weighted by molar-refractivity contribution is 0.556. The molecule has 2 rings (SSSR count). The zero-order valence-corrected chi connectivity index (χ0v) is 12.6. The van der Waals surface area contributed by atoms with Crippen LogP contribution in [0.2, 0.25) is 0 Å². The number of rotatable bonds is 6. The van der Waals surface area contributed by atoms with E-state index >= 15 is 0 Å². The van der Waals surface area contributed by atoms with Crippen molar-refractivity contribution >= 4 is 21.4 Å². The minimum atomic E-state index is -3.33. The fourth-order valence-corrected chi connectivity index (χ4v) is 4.51. The van der Waals surface area contributed by atoms with E-state index in [2.05, 4.69) is 23.9 Å². The highest BCUT2D eigenvalue weighted by Gasteiger charge is 2.48. The lowest BCUT2D eigenvalue weighted by Crippen LogP contribution is -2.27. The Labute approximate surface area is 113 Å². The first kappa shape index (κ1) is 14.0. The number of hydrogen-bond donors (Lipinski definition) is 2. The molecule has 0 aromatic carbocycles. The fourth-order valence-electron chi connectivity index (χ4n) is 1.76. The van der Waals surface area contributed by atoms with Gasteiger partial charge in [0.05, 0.1) is 0 Å². The summed E-state index contributed by atoms with van der Waals surface area (Å²) in [6.07, 6.45) is 0.919. The molecule has 6 heteroatoms. The van der Waals surface area contributed by atoms with Crippen molar-refractivity contribution in [1.82, 2.24) is 10.0 Å². The predicted octanol–water partition coefficient (Wildman–Crippen LogP) is 1.93. The highest BCUT2D eigenvalue weighted by Crippen LogP contribution is 2.45. The molecule has 1 heterocycles. The van der Waals surface area contributed by atoms with Gasteiger partial charge in [0.25, 0.3) is 0 Å². The van der Waals surface area contributed by atoms with Crippen LogP contribution in [0, 0.1) is 5.41 Å². The lowest BCUT2D eigenvalue weighted by atomic mass is 10.2. The first-order valence-corrected chi connectivity index (χ1v) is 8.47. The fraction of sp³-hybridized carbons (Fsp3) is 0.667. The van der Waals surface area contributed by atoms with Crippen molar-refractivity contribution in [2.45, 2.75) is 44.0 Å². The molecule has 1 aromatic rings. The molecule has 0 bridgehead atoms. The van der Waals surface area contributed by atoms with Crippen molar-refractivity contribution in [2.75, 3.05) is 6.54 Å². The van der Waals surface area contributed by atoms with Crippen LogP contribution in [-0.2, 0) is 16.6 Å². The van der Waals surface area contributed by atoms with E-state index in [0.29, 0.717) is 4.21 Å². The summed E-state index contributed by atoms with van der Waals surface area (Å²) in [6, 6.07) is 3.65. The molecule has 4 nitrogen and oxygen atoms in total. The Morgan fingerprint density at radius 3 is 2.67 bits per heavy atom. The Hall–Kier alpha value is -0.430. The Morgan fingerprint density at radius 2 is 2.11 bits per heavy atom. The Morgan fingerprint density at radius 1 is 1.44 bits per heavy atom. The summed E-state index contributed by atoms with van der Waals surface area (Å²) < 4.78 is 27.5. The average molecular weight is 288 g/mol. The van der Waals surface area contributed by atoms with Crippen LogP contribution in [0.15, 0.2) is 16.3 Å². The van der Waals surface area contributed by atoms with Gasteiger partial charge in [-0.25, -0.2) is 13.1 Å². The van der Waals surface area contributed by atoms with Crippen LogP contribution >= 0.6 is 11.3 Å². The molecule has 1 aliphatic rings. The van der Waals surface area contributed by atoms with Gasteiger partial charge < -0.3 is 5.32 Å². The van der Waals surface area contributed by atoms with E-state index in [1.165, 1.54) is 11.3 Å². The lowest BCUT2D eigenvalue weighted by Gasteiger charge is -2.06. The molecule has 1 aromatic heterocycles. The van der Waals surface area contributed by atoms with E-state index in [4.69, 9.17) is 0 Å². The molecule has 1 fully saturated rings. The van der Waals surface area contributed by atoms with Gasteiger partial charge in [-0.2, -0.15) is 0 Å². The molecule has 18 heavy (non-hydrogen) atoms. The van der Waals surface area contributed by atoms with Crippen LogP contribution in [0.3, 0.4) is 0 Å². The quantitative estimate of drug-likeness (QED) is 0.841. The van der Waals surface area contributed by atoms with Crippen molar-refractivity contribution in [3.63, 3.8) is 0 Å². The molecular formula is C12H20N2O2S2. The summed E-state index contributed by atoms with van der Waals surface area (Å²) in [5.41, 5.74) is 0.108. The van der Waals surface area contributed by atoms with E-state index in [0.717, 1.165) is 24.4 Å². The summed E-state index contributed by atoms with van der Waals surface area (Å²) in [4.78, 5) is 1.05. The maximum atomic E-state index is 12.1. The summed E-state index contributed by atoms with van der Waals surface area (Å²) in [5.74, 6) is 0. The molecule has 0 radical (unpaired) electrons. The van der Waals surface area contributed by atoms with Gasteiger partial charge in [-0.15, -0.1) is 11.3 Å². The molecule has 1 unspecified atom stereocenters. The molecule has 0 spiro atoms. The van der Waals surface area contributed by atoms with Crippen molar-refractivity contribution in [1.29, 1.82) is 0 Å². The third-order valence-electron chi connectivity index (χ3n) is 3.26. The van der Waals surface area contributed by atoms with Crippen molar-refractivity contribution < 1.29 is 8.42 Å². The Bertz CT molecular complexity index is 520. The summed E-state index contributed by atoms with van der Waals surface area (Å²) in [7, 11) is -3.33. The van der Waals surface area contributed by atoms with Gasteiger partial charge in [-0.05, 0) is 30.5 Å². The number of thiophene rings is 1. The maximum absolute atomic E-state index is 12.1. The second-order valence-corrected chi connectivity index (χ2v) is 8.48. The van der Waals surface area contributed by atoms with Crippen molar-refractivity contribution in [2.24, 2.45) is 5.41 Å². The highest BCUT2D eigenvalue weighted by atomic mass is 32.2. The number of hydrogen-bond acceptors (Lipinski definition) is 4. The van der Waals surface area contributed by atoms with Gasteiger partial charge in [0.1, 0.15) is 4.21 Å². The predicted molar refractivity (Wildman–Crippen MR) is 74.2 cm³/mol. The smallest absolute Gasteiger partial charge is 0.250 e. The van der Waals surface area contributed by atoms with E-state index in [9.17, 15) is 8.42 Å². The van der Waals surface area contributed by atoms with Crippen molar-refractivity contribution in [3.05, 3.63) is 17.0 Å². The van der Waals surface area contributed by atoms with E-state index in [1.807, 2.05) is 13.0 Å². The molecule has 2 N–H and O–H groups in total. The van der Waals surface area contributed by atoms with Crippen LogP contribution in [0.5, 0.6) is 0 Å². The maximum Gasteiger partial charge on any atom is 0.250 e. The molecule has 0 amide bonds. The zero-order chi connectivity index (χ0) is 13.4. The van der Waals surface area contributed by atoms with Crippen LogP contribution in [0.1, 0.15) is 32.1 Å². The van der Waals surface area contributed by atoms with Gasteiger partial charge >= 0.3 is 0 Å². The SMILES string of the molecule is CCNCc1ccc(S(=O)(=O)NC2CC2(C)C)s1. The van der Waals surface area contributed by atoms with Crippen LogP contribution < -0.4 is 10.0 Å². The summed E-state index contributed by atoms with van der Waals surface area (Å²) in [6.45, 7) is 7.79. The third kappa shape index (κ3) is 3.12. The number of sulfonamides is 1. The minimum absolute atomic E-state index is 0.0850. The standard InChI is InChI=1S/C12H20N2O2S2/c1-4-13-8-9-5-6-11(17-9)18(15,16)14-10-7-12(10,2)3/h5-6,10,13-14H,4,7-8H2,1-3H3. The Balaban J connectivity index is 2.03. The molecular weight excluding hydrogens is 268 g/mol. The third-order valence-corrected chi connectivity index (χ3v) is 6.31. The Kier molecular flexibility index (Phi) is 3.82. The van der Waals surface area contributed by atoms with Gasteiger partial charge in [0.15, 0.2) is 0 Å². The van der Waals surface area contributed by atoms with E-state index < -0.39 is 10.0 Å². The van der Waals surface area contributed by atoms with E-state index in [-0.39, 0.29) is 11.5 Å². The molecule has 1 saturated carbocycles. The average Bonchev–Trinajstić information content (AvgIpc) is 2.71. The van der Waals surface area contributed by atoms with E-state index in [1.54, 1.807) is 6.07 Å². The van der Waals surface area contributed by atoms with Gasteiger partial charge in [-0.1, -0.05) is 20.8 Å². The zero-order valence-electron chi connectivity index (χ0n) is 11.0. The molecule has 1 aliphatic carbocycles. The van der Waals surface area contributed by atoms with Crippen LogP contribution in [0.25, 0.3) is 0 Å². The summed E-state index contributed by atoms with van der Waals surface area (Å²) in [5, 5.41) is 3.19. The minimum Gasteiger partial charge on any atom is -0.312 e. The van der Waals surface area contributed by atoms with Gasteiger partial charge in [0.2, 0.25) is 10.0 Å². The molecule has 102 valence electrons. The van der Waals surface area contributed by atoms with Gasteiger partial charge in [0, 0.05) is 17.5 Å². The highest BCUT2D eigenvalue weighted by molar-refractivity contribution is 7.91. The first-order chi connectivity index (χ1) is 8.35. The topological polar surface area (TPSA) is 58.2 Å². The second-order valence-electron chi connectivity index (χ2n) is 5.37. The molecule has 0 aliphatic heterocycles. The van der Waals surface area contributed by atoms with Crippen LogP contribution in [0.4, 0.5) is 0 Å². The van der Waals surface area contributed by atoms with Gasteiger partial charge in [-0.3, -0.25) is 0 Å². The summed E-state index contributed by atoms with van der Waals surface area (Å²) >= 11 is 1.34. The molecule has 0 saturated heterocycles. The van der Waals surface area contributed by atoms with Crippen molar-refractivity contribution in [3.8, 4) is 0 Å². The largest absolute Gasteiger partial charge is 0.312 e. The normalized spacial score (nSPS) is 22.1. The number of nitrogens with one attached hydrogen (secondary N) is 2.